The molecule has 2 aromatic carbocycles. The lowest BCUT2D eigenvalue weighted by Gasteiger charge is -2.11. The minimum atomic E-state index is 0.612. The molecule has 0 spiro atoms. The number of hydrogen-bond donors (Lipinski definition) is 1. The quantitative estimate of drug-likeness (QED) is 0.283. The second kappa shape index (κ2) is 8.61. The van der Waals surface area contributed by atoms with Gasteiger partial charge in [-0.15, -0.1) is 0 Å². The first-order valence-electron chi connectivity index (χ1n) is 6.32. The molecular weight excluding hydrogens is 607 g/mol. The normalized spacial score (nSPS) is 10.4. The van der Waals surface area contributed by atoms with E-state index in [2.05, 4.69) is 79.9 Å². The van der Waals surface area contributed by atoms with Gasteiger partial charge in [0.05, 0.1) is 20.4 Å². The molecular formula is C15H14I3NO2. The Labute approximate surface area is 165 Å². The summed E-state index contributed by atoms with van der Waals surface area (Å²) in [4.78, 5) is 0. The number of hydrogen-bond acceptors (Lipinski definition) is 3. The Bertz CT molecular complexity index is 597. The van der Waals surface area contributed by atoms with Crippen LogP contribution in [0.5, 0.6) is 11.5 Å². The minimum Gasteiger partial charge on any atom is -0.493 e. The third-order valence-electron chi connectivity index (χ3n) is 2.62. The van der Waals surface area contributed by atoms with E-state index < -0.39 is 0 Å². The van der Waals surface area contributed by atoms with E-state index in [1.165, 1.54) is 3.57 Å². The van der Waals surface area contributed by atoms with Crippen molar-refractivity contribution in [2.75, 3.05) is 18.9 Å². The van der Waals surface area contributed by atoms with Crippen molar-refractivity contribution in [1.82, 2.24) is 0 Å². The van der Waals surface area contributed by atoms with E-state index in [-0.39, 0.29) is 0 Å². The summed E-state index contributed by atoms with van der Waals surface area (Å²) in [7, 11) is 0. The van der Waals surface area contributed by atoms with Crippen molar-refractivity contribution in [1.29, 1.82) is 0 Å². The average Bonchev–Trinajstić information content (AvgIpc) is 2.41. The van der Waals surface area contributed by atoms with E-state index in [1.807, 2.05) is 24.3 Å². The van der Waals surface area contributed by atoms with Crippen molar-refractivity contribution in [2.45, 2.75) is 6.42 Å². The third kappa shape index (κ3) is 5.62. The number of nitrogens with two attached hydrogens (primary N) is 1. The first kappa shape index (κ1) is 17.4. The predicted molar refractivity (Wildman–Crippen MR) is 111 cm³/mol. The summed E-state index contributed by atoms with van der Waals surface area (Å²) >= 11 is 6.92. The molecule has 0 radical (unpaired) electrons. The first-order chi connectivity index (χ1) is 10.1. The minimum absolute atomic E-state index is 0.612. The Morgan fingerprint density at radius 3 is 2.24 bits per heavy atom. The van der Waals surface area contributed by atoms with Crippen molar-refractivity contribution < 1.29 is 9.47 Å². The highest BCUT2D eigenvalue weighted by atomic mass is 127. The maximum atomic E-state index is 5.86. The number of halogens is 3. The second-order valence-electron chi connectivity index (χ2n) is 4.32. The van der Waals surface area contributed by atoms with Crippen LogP contribution < -0.4 is 15.2 Å². The van der Waals surface area contributed by atoms with E-state index in [1.54, 1.807) is 0 Å². The van der Waals surface area contributed by atoms with Crippen LogP contribution in [0.25, 0.3) is 0 Å². The molecule has 0 fully saturated rings. The molecule has 2 aromatic rings. The van der Waals surface area contributed by atoms with Gasteiger partial charge in [0.1, 0.15) is 11.5 Å². The molecule has 0 aliphatic carbocycles. The molecule has 0 aliphatic rings. The van der Waals surface area contributed by atoms with Crippen LogP contribution in [0.3, 0.4) is 0 Å². The topological polar surface area (TPSA) is 44.5 Å². The lowest BCUT2D eigenvalue weighted by atomic mass is 10.3. The molecule has 2 rings (SSSR count). The van der Waals surface area contributed by atoms with E-state index in [0.29, 0.717) is 18.9 Å². The van der Waals surface area contributed by atoms with Gasteiger partial charge in [-0.2, -0.15) is 0 Å². The van der Waals surface area contributed by atoms with Gasteiger partial charge >= 0.3 is 0 Å². The maximum absolute atomic E-state index is 5.86. The fraction of sp³-hybridized carbons (Fsp3) is 0.200. The summed E-state index contributed by atoms with van der Waals surface area (Å²) in [5.74, 6) is 1.76. The van der Waals surface area contributed by atoms with Gasteiger partial charge in [0.25, 0.3) is 0 Å². The summed E-state index contributed by atoms with van der Waals surface area (Å²) < 4.78 is 15.0. The van der Waals surface area contributed by atoms with Crippen LogP contribution in [-0.2, 0) is 0 Å². The van der Waals surface area contributed by atoms with Crippen molar-refractivity contribution >= 4 is 73.5 Å². The SMILES string of the molecule is Nc1cccc(OCCCOc2c(I)cc(I)cc2I)c1. The smallest absolute Gasteiger partial charge is 0.145 e. The second-order valence-corrected chi connectivity index (χ2v) is 7.89. The first-order valence-corrected chi connectivity index (χ1v) is 9.55. The highest BCUT2D eigenvalue weighted by Crippen LogP contribution is 2.29. The zero-order valence-corrected chi connectivity index (χ0v) is 17.6. The molecule has 0 heterocycles. The molecule has 6 heteroatoms. The Balaban J connectivity index is 1.78. The van der Waals surface area contributed by atoms with E-state index in [0.717, 1.165) is 25.1 Å². The maximum Gasteiger partial charge on any atom is 0.145 e. The van der Waals surface area contributed by atoms with Gasteiger partial charge in [0.2, 0.25) is 0 Å². The number of nitrogen functional groups attached to an aromatic ring is 1. The molecule has 3 nitrogen and oxygen atoms in total. The van der Waals surface area contributed by atoms with Crippen molar-refractivity contribution in [3.8, 4) is 11.5 Å². The Morgan fingerprint density at radius 2 is 1.57 bits per heavy atom. The van der Waals surface area contributed by atoms with Crippen molar-refractivity contribution in [2.24, 2.45) is 0 Å². The van der Waals surface area contributed by atoms with Crippen LogP contribution in [0, 0.1) is 10.7 Å². The number of ether oxygens (including phenoxy) is 2. The monoisotopic (exact) mass is 621 g/mol. The molecule has 0 saturated heterocycles. The van der Waals surface area contributed by atoms with Crippen molar-refractivity contribution in [3.05, 3.63) is 47.1 Å². The van der Waals surface area contributed by atoms with Gasteiger partial charge in [-0.25, -0.2) is 0 Å². The summed E-state index contributed by atoms with van der Waals surface area (Å²) in [5.41, 5.74) is 6.42. The summed E-state index contributed by atoms with van der Waals surface area (Å²) in [6.07, 6.45) is 0.826. The van der Waals surface area contributed by atoms with Gasteiger partial charge in [0.15, 0.2) is 0 Å². The van der Waals surface area contributed by atoms with Gasteiger partial charge in [-0.1, -0.05) is 6.07 Å². The van der Waals surface area contributed by atoms with Gasteiger partial charge in [0, 0.05) is 21.7 Å². The number of anilines is 1. The summed E-state index contributed by atoms with van der Waals surface area (Å²) in [6.45, 7) is 1.25. The van der Waals surface area contributed by atoms with Crippen LogP contribution in [0.4, 0.5) is 5.69 Å². The summed E-state index contributed by atoms with van der Waals surface area (Å²) in [6, 6.07) is 11.7. The van der Waals surface area contributed by atoms with Crippen LogP contribution in [-0.4, -0.2) is 13.2 Å². The third-order valence-corrected chi connectivity index (χ3v) is 4.85. The van der Waals surface area contributed by atoms with E-state index in [9.17, 15) is 0 Å². The lowest BCUT2D eigenvalue weighted by molar-refractivity contribution is 0.245. The highest BCUT2D eigenvalue weighted by Gasteiger charge is 2.07. The van der Waals surface area contributed by atoms with Crippen LogP contribution in [0.1, 0.15) is 6.42 Å². The Kier molecular flexibility index (Phi) is 7.13. The summed E-state index contributed by atoms with van der Waals surface area (Å²) in [5, 5.41) is 0. The van der Waals surface area contributed by atoms with E-state index in [4.69, 9.17) is 15.2 Å². The molecule has 0 amide bonds. The van der Waals surface area contributed by atoms with Gasteiger partial charge in [-0.3, -0.25) is 0 Å². The lowest BCUT2D eigenvalue weighted by Crippen LogP contribution is -2.06. The molecule has 2 N–H and O–H groups in total. The van der Waals surface area contributed by atoms with Crippen LogP contribution in [0.2, 0.25) is 0 Å². The Hall–Kier alpha value is 0.0300. The molecule has 0 unspecified atom stereocenters. The molecule has 112 valence electrons. The largest absolute Gasteiger partial charge is 0.493 e. The molecule has 0 atom stereocenters. The van der Waals surface area contributed by atoms with Gasteiger partial charge < -0.3 is 15.2 Å². The zero-order valence-electron chi connectivity index (χ0n) is 11.1. The molecule has 0 aliphatic heterocycles. The zero-order chi connectivity index (χ0) is 15.2. The van der Waals surface area contributed by atoms with Crippen LogP contribution >= 0.6 is 67.8 Å². The highest BCUT2D eigenvalue weighted by molar-refractivity contribution is 14.1. The fourth-order valence-electron chi connectivity index (χ4n) is 1.69. The van der Waals surface area contributed by atoms with Crippen LogP contribution in [0.15, 0.2) is 36.4 Å². The average molecular weight is 621 g/mol. The molecule has 0 bridgehead atoms. The number of benzene rings is 2. The molecule has 0 saturated carbocycles. The fourth-order valence-corrected chi connectivity index (χ4v) is 5.59. The standard InChI is InChI=1S/C15H14I3NO2/c16-10-7-13(17)15(14(18)8-10)21-6-2-5-20-12-4-1-3-11(19)9-12/h1,3-4,7-9H,2,5-6,19H2. The van der Waals surface area contributed by atoms with Crippen molar-refractivity contribution in [3.63, 3.8) is 0 Å². The number of rotatable bonds is 6. The predicted octanol–water partition coefficient (Wildman–Crippen LogP) is 4.93. The Morgan fingerprint density at radius 1 is 0.905 bits per heavy atom. The molecule has 21 heavy (non-hydrogen) atoms. The molecule has 0 aromatic heterocycles. The van der Waals surface area contributed by atoms with Gasteiger partial charge in [-0.05, 0) is 92.0 Å². The van der Waals surface area contributed by atoms with E-state index >= 15 is 0 Å².